The molecule has 10 heteroatoms. The molecule has 2 heterocycles. The van der Waals surface area contributed by atoms with Crippen LogP contribution in [-0.2, 0) is 18.9 Å². The number of rotatable bonds is 6. The average Bonchev–Trinajstić information content (AvgIpc) is 3.09. The maximum absolute atomic E-state index is 12.7. The summed E-state index contributed by atoms with van der Waals surface area (Å²) in [4.78, 5) is 53.1. The van der Waals surface area contributed by atoms with Crippen molar-refractivity contribution in [3.63, 3.8) is 0 Å². The Bertz CT molecular complexity index is 1250. The van der Waals surface area contributed by atoms with E-state index in [0.717, 1.165) is 4.57 Å². The van der Waals surface area contributed by atoms with Crippen LogP contribution < -0.4 is 16.6 Å². The molecule has 1 aromatic carbocycles. The first kappa shape index (κ1) is 21.6. The van der Waals surface area contributed by atoms with Gasteiger partial charge in [-0.15, -0.1) is 0 Å². The zero-order valence-corrected chi connectivity index (χ0v) is 18.2. The van der Waals surface area contributed by atoms with Gasteiger partial charge in [0.2, 0.25) is 5.91 Å². The minimum Gasteiger partial charge on any atom is -0.326 e. The summed E-state index contributed by atoms with van der Waals surface area (Å²) in [6, 6.07) is 6.55. The highest BCUT2D eigenvalue weighted by Crippen LogP contribution is 2.26. The zero-order chi connectivity index (χ0) is 22.2. The van der Waals surface area contributed by atoms with E-state index >= 15 is 0 Å². The Morgan fingerprint density at radius 2 is 1.73 bits per heavy atom. The maximum Gasteiger partial charge on any atom is 0.332 e. The van der Waals surface area contributed by atoms with Crippen LogP contribution in [0.2, 0.25) is 0 Å². The number of amides is 1. The SMILES string of the molecule is CC(=O)Nc1ccc(C(=O)CSc2nc3c(c(=O)n(C)c(=O)n3C)n2C(C)C)cc1. The van der Waals surface area contributed by atoms with Crippen LogP contribution in [-0.4, -0.2) is 36.1 Å². The summed E-state index contributed by atoms with van der Waals surface area (Å²) >= 11 is 1.22. The molecule has 1 amide bonds. The van der Waals surface area contributed by atoms with Gasteiger partial charge in [-0.1, -0.05) is 11.8 Å². The highest BCUT2D eigenvalue weighted by Gasteiger charge is 2.21. The van der Waals surface area contributed by atoms with E-state index in [0.29, 0.717) is 27.6 Å². The number of aryl methyl sites for hydroxylation is 1. The summed E-state index contributed by atoms with van der Waals surface area (Å²) in [6.45, 7) is 5.25. The quantitative estimate of drug-likeness (QED) is 0.474. The van der Waals surface area contributed by atoms with Crippen molar-refractivity contribution in [2.75, 3.05) is 11.1 Å². The van der Waals surface area contributed by atoms with Crippen molar-refractivity contribution in [3.05, 3.63) is 50.7 Å². The predicted octanol–water partition coefficient (Wildman–Crippen LogP) is 1.95. The third-order valence-electron chi connectivity index (χ3n) is 4.64. The third kappa shape index (κ3) is 3.95. The summed E-state index contributed by atoms with van der Waals surface area (Å²) in [5.74, 6) is -0.180. The van der Waals surface area contributed by atoms with Gasteiger partial charge in [0.15, 0.2) is 22.1 Å². The largest absolute Gasteiger partial charge is 0.332 e. The molecule has 158 valence electrons. The van der Waals surface area contributed by atoms with E-state index in [1.807, 2.05) is 13.8 Å². The fourth-order valence-electron chi connectivity index (χ4n) is 3.13. The molecule has 0 unspecified atom stereocenters. The molecule has 9 nitrogen and oxygen atoms in total. The van der Waals surface area contributed by atoms with Crippen molar-refractivity contribution < 1.29 is 9.59 Å². The van der Waals surface area contributed by atoms with Crippen molar-refractivity contribution in [1.82, 2.24) is 18.7 Å². The zero-order valence-electron chi connectivity index (χ0n) is 17.4. The molecule has 0 fully saturated rings. The van der Waals surface area contributed by atoms with Crippen LogP contribution in [0.1, 0.15) is 37.2 Å². The number of carbonyl (C=O) groups excluding carboxylic acids is 2. The minimum atomic E-state index is -0.451. The van der Waals surface area contributed by atoms with E-state index in [9.17, 15) is 19.2 Å². The van der Waals surface area contributed by atoms with Crippen molar-refractivity contribution in [1.29, 1.82) is 0 Å². The number of thioether (sulfide) groups is 1. The van der Waals surface area contributed by atoms with E-state index in [1.54, 1.807) is 35.9 Å². The number of benzene rings is 1. The van der Waals surface area contributed by atoms with Gasteiger partial charge in [-0.3, -0.25) is 23.5 Å². The molecule has 30 heavy (non-hydrogen) atoms. The predicted molar refractivity (Wildman–Crippen MR) is 116 cm³/mol. The number of aromatic nitrogens is 4. The number of anilines is 1. The van der Waals surface area contributed by atoms with Gasteiger partial charge in [0, 0.05) is 38.3 Å². The molecule has 0 saturated heterocycles. The van der Waals surface area contributed by atoms with Gasteiger partial charge in [0.1, 0.15) is 0 Å². The highest BCUT2D eigenvalue weighted by atomic mass is 32.2. The number of hydrogen-bond acceptors (Lipinski definition) is 6. The maximum atomic E-state index is 12.7. The van der Waals surface area contributed by atoms with Crippen molar-refractivity contribution in [2.45, 2.75) is 32.0 Å². The molecular formula is C20H23N5O4S. The fraction of sp³-hybridized carbons (Fsp3) is 0.350. The average molecular weight is 430 g/mol. The topological polar surface area (TPSA) is 108 Å². The Labute approximate surface area is 176 Å². The molecule has 2 aromatic heterocycles. The molecular weight excluding hydrogens is 406 g/mol. The summed E-state index contributed by atoms with van der Waals surface area (Å²) in [7, 11) is 3.00. The summed E-state index contributed by atoms with van der Waals surface area (Å²) < 4.78 is 4.15. The van der Waals surface area contributed by atoms with Gasteiger partial charge < -0.3 is 9.88 Å². The molecule has 0 atom stereocenters. The van der Waals surface area contributed by atoms with Crippen molar-refractivity contribution in [2.24, 2.45) is 14.1 Å². The van der Waals surface area contributed by atoms with Crippen LogP contribution in [0.3, 0.4) is 0 Å². The lowest BCUT2D eigenvalue weighted by Crippen LogP contribution is -2.37. The molecule has 0 spiro atoms. The Morgan fingerprint density at radius 1 is 1.10 bits per heavy atom. The number of nitrogens with zero attached hydrogens (tertiary/aromatic N) is 4. The van der Waals surface area contributed by atoms with Crippen LogP contribution in [0, 0.1) is 0 Å². The number of fused-ring (bicyclic) bond motifs is 1. The summed E-state index contributed by atoms with van der Waals surface area (Å²) in [5.41, 5.74) is 0.890. The van der Waals surface area contributed by atoms with Crippen LogP contribution in [0.4, 0.5) is 5.69 Å². The molecule has 3 rings (SSSR count). The Morgan fingerprint density at radius 3 is 2.30 bits per heavy atom. The van der Waals surface area contributed by atoms with Crippen LogP contribution in [0.15, 0.2) is 39.0 Å². The van der Waals surface area contributed by atoms with Gasteiger partial charge in [-0.25, -0.2) is 9.78 Å². The first-order chi connectivity index (χ1) is 14.1. The van der Waals surface area contributed by atoms with Crippen LogP contribution >= 0.6 is 11.8 Å². The lowest BCUT2D eigenvalue weighted by atomic mass is 10.1. The molecule has 0 radical (unpaired) electrons. The number of Topliss-reactive ketones (excluding diaryl/α,β-unsaturated/α-hetero) is 1. The van der Waals surface area contributed by atoms with Gasteiger partial charge >= 0.3 is 5.69 Å². The molecule has 0 aliphatic carbocycles. The number of nitrogens with one attached hydrogen (secondary N) is 1. The second-order valence-electron chi connectivity index (χ2n) is 7.21. The normalized spacial score (nSPS) is 11.3. The first-order valence-corrected chi connectivity index (χ1v) is 10.3. The molecule has 0 aliphatic rings. The second kappa shape index (κ2) is 8.31. The molecule has 1 N–H and O–H groups in total. The number of ketones is 1. The standard InChI is InChI=1S/C20H23N5O4S/c1-11(2)25-16-17(23(4)20(29)24(5)18(16)28)22-19(25)30-10-15(27)13-6-8-14(9-7-13)21-12(3)26/h6-9,11H,10H2,1-5H3,(H,21,26). The van der Waals surface area contributed by atoms with Crippen molar-refractivity contribution >= 4 is 40.3 Å². The van der Waals surface area contributed by atoms with E-state index < -0.39 is 11.2 Å². The van der Waals surface area contributed by atoms with Gasteiger partial charge in [-0.2, -0.15) is 0 Å². The lowest BCUT2D eigenvalue weighted by molar-refractivity contribution is -0.114. The fourth-order valence-corrected chi connectivity index (χ4v) is 4.15. The summed E-state index contributed by atoms with van der Waals surface area (Å²) in [6.07, 6.45) is 0. The smallest absolute Gasteiger partial charge is 0.326 e. The highest BCUT2D eigenvalue weighted by molar-refractivity contribution is 7.99. The molecule has 3 aromatic rings. The first-order valence-electron chi connectivity index (χ1n) is 9.33. The molecule has 0 bridgehead atoms. The molecule has 0 aliphatic heterocycles. The van der Waals surface area contributed by atoms with E-state index in [1.165, 1.54) is 30.3 Å². The van der Waals surface area contributed by atoms with E-state index in [4.69, 9.17) is 0 Å². The van der Waals surface area contributed by atoms with Gasteiger partial charge in [-0.05, 0) is 38.1 Å². The Balaban J connectivity index is 1.91. The number of hydrogen-bond donors (Lipinski definition) is 1. The number of imidazole rings is 1. The van der Waals surface area contributed by atoms with Gasteiger partial charge in [0.25, 0.3) is 5.56 Å². The Hall–Kier alpha value is -3.14. The third-order valence-corrected chi connectivity index (χ3v) is 5.59. The Kier molecular flexibility index (Phi) is 5.97. The summed E-state index contributed by atoms with van der Waals surface area (Å²) in [5, 5.41) is 3.16. The monoisotopic (exact) mass is 429 g/mol. The van der Waals surface area contributed by atoms with E-state index in [-0.39, 0.29) is 23.5 Å². The van der Waals surface area contributed by atoms with Crippen LogP contribution in [0.5, 0.6) is 0 Å². The lowest BCUT2D eigenvalue weighted by Gasteiger charge is -2.12. The molecule has 0 saturated carbocycles. The second-order valence-corrected chi connectivity index (χ2v) is 8.15. The van der Waals surface area contributed by atoms with Crippen molar-refractivity contribution in [3.8, 4) is 0 Å². The van der Waals surface area contributed by atoms with Gasteiger partial charge in [0.05, 0.1) is 5.75 Å². The minimum absolute atomic E-state index is 0.0882. The number of carbonyl (C=O) groups is 2. The van der Waals surface area contributed by atoms with Crippen LogP contribution in [0.25, 0.3) is 11.2 Å². The van der Waals surface area contributed by atoms with E-state index in [2.05, 4.69) is 10.3 Å².